The van der Waals surface area contributed by atoms with E-state index in [2.05, 4.69) is 25.0 Å². The number of piperidine rings is 1. The molecule has 0 aromatic carbocycles. The molecule has 0 aliphatic carbocycles. The molecular formula is C20H26N8O2. The lowest BCUT2D eigenvalue weighted by molar-refractivity contribution is -0.133. The van der Waals surface area contributed by atoms with Crippen LogP contribution in [0.25, 0.3) is 10.9 Å². The van der Waals surface area contributed by atoms with Crippen molar-refractivity contribution in [3.63, 3.8) is 0 Å². The number of amides is 1. The third kappa shape index (κ3) is 3.89. The van der Waals surface area contributed by atoms with Crippen molar-refractivity contribution in [2.24, 2.45) is 0 Å². The molecule has 1 N–H and O–H groups in total. The molecule has 1 atom stereocenters. The Balaban J connectivity index is 1.56. The molecule has 1 saturated heterocycles. The summed E-state index contributed by atoms with van der Waals surface area (Å²) in [5.41, 5.74) is 1.22. The number of aromatic nitrogens is 6. The van der Waals surface area contributed by atoms with Gasteiger partial charge in [-0.05, 0) is 32.8 Å². The van der Waals surface area contributed by atoms with E-state index in [1.807, 2.05) is 38.9 Å². The van der Waals surface area contributed by atoms with Crippen LogP contribution in [0, 0.1) is 13.8 Å². The highest BCUT2D eigenvalue weighted by atomic mass is 16.2. The van der Waals surface area contributed by atoms with E-state index in [9.17, 15) is 9.59 Å². The third-order valence-electron chi connectivity index (χ3n) is 5.46. The van der Waals surface area contributed by atoms with Crippen molar-refractivity contribution in [3.05, 3.63) is 40.0 Å². The number of aryl methyl sites for hydroxylation is 2. The molecule has 0 radical (unpaired) electrons. The van der Waals surface area contributed by atoms with E-state index in [0.717, 1.165) is 24.4 Å². The minimum absolute atomic E-state index is 0.00746. The number of nitrogens with one attached hydrogen (secondary N) is 1. The fourth-order valence-electron chi connectivity index (χ4n) is 3.88. The Bertz CT molecular complexity index is 1150. The Morgan fingerprint density at radius 2 is 2.10 bits per heavy atom. The van der Waals surface area contributed by atoms with Crippen molar-refractivity contribution in [3.8, 4) is 0 Å². The number of anilines is 1. The molecule has 1 fully saturated rings. The molecule has 0 spiro atoms. The zero-order chi connectivity index (χ0) is 21.4. The van der Waals surface area contributed by atoms with Crippen molar-refractivity contribution in [1.82, 2.24) is 34.6 Å². The fraction of sp³-hybridized carbons (Fsp3) is 0.500. The molecule has 1 aliphatic rings. The van der Waals surface area contributed by atoms with Crippen molar-refractivity contribution in [2.75, 3.05) is 32.1 Å². The minimum atomic E-state index is -0.204. The molecule has 3 aromatic rings. The summed E-state index contributed by atoms with van der Waals surface area (Å²) in [5, 5.41) is 4.75. The number of hydrogen-bond acceptors (Lipinski definition) is 7. The molecule has 10 heteroatoms. The molecule has 10 nitrogen and oxygen atoms in total. The molecule has 3 aromatic heterocycles. The van der Waals surface area contributed by atoms with Gasteiger partial charge >= 0.3 is 0 Å². The van der Waals surface area contributed by atoms with Crippen molar-refractivity contribution >= 4 is 22.8 Å². The lowest BCUT2D eigenvalue weighted by Gasteiger charge is -2.33. The highest BCUT2D eigenvalue weighted by Gasteiger charge is 2.26. The number of fused-ring (bicyclic) bond motifs is 1. The first-order valence-electron chi connectivity index (χ1n) is 10.0. The predicted octanol–water partition coefficient (Wildman–Crippen LogP) is 0.999. The van der Waals surface area contributed by atoms with E-state index >= 15 is 0 Å². The van der Waals surface area contributed by atoms with Gasteiger partial charge in [-0.25, -0.2) is 19.6 Å². The standard InChI is InChI=1S/C20H26N8O2/c1-12-22-13(2)28(25-12)11-18(29)27-7-5-6-14(10-27)16-8-17-15(19(30)23-16)9-21-20(24-17)26(3)4/h8-9,14H,5-7,10-11H2,1-4H3,(H,23,30). The molecule has 30 heavy (non-hydrogen) atoms. The Hall–Kier alpha value is -3.30. The Morgan fingerprint density at radius 1 is 1.30 bits per heavy atom. The topological polar surface area (TPSA) is 113 Å². The summed E-state index contributed by atoms with van der Waals surface area (Å²) in [4.78, 5) is 45.0. The Labute approximate surface area is 174 Å². The van der Waals surface area contributed by atoms with Crippen LogP contribution < -0.4 is 10.5 Å². The zero-order valence-electron chi connectivity index (χ0n) is 17.7. The van der Waals surface area contributed by atoms with Crippen molar-refractivity contribution < 1.29 is 4.79 Å². The van der Waals surface area contributed by atoms with Crippen LogP contribution in [0.3, 0.4) is 0 Å². The number of pyridine rings is 1. The molecule has 0 saturated carbocycles. The van der Waals surface area contributed by atoms with Gasteiger partial charge in [-0.2, -0.15) is 5.10 Å². The second-order valence-electron chi connectivity index (χ2n) is 7.96. The van der Waals surface area contributed by atoms with E-state index < -0.39 is 0 Å². The van der Waals surface area contributed by atoms with E-state index in [0.29, 0.717) is 35.8 Å². The lowest BCUT2D eigenvalue weighted by atomic mass is 9.94. The maximum atomic E-state index is 12.8. The fourth-order valence-corrected chi connectivity index (χ4v) is 3.88. The van der Waals surface area contributed by atoms with Crippen LogP contribution in [0.15, 0.2) is 17.1 Å². The second-order valence-corrected chi connectivity index (χ2v) is 7.96. The summed E-state index contributed by atoms with van der Waals surface area (Å²) in [7, 11) is 3.72. The van der Waals surface area contributed by atoms with E-state index in [4.69, 9.17) is 0 Å². The van der Waals surface area contributed by atoms with Crippen molar-refractivity contribution in [1.29, 1.82) is 0 Å². The van der Waals surface area contributed by atoms with Gasteiger partial charge in [-0.1, -0.05) is 0 Å². The van der Waals surface area contributed by atoms with Gasteiger partial charge < -0.3 is 14.8 Å². The highest BCUT2D eigenvalue weighted by Crippen LogP contribution is 2.26. The largest absolute Gasteiger partial charge is 0.347 e. The zero-order valence-corrected chi connectivity index (χ0v) is 17.7. The smallest absolute Gasteiger partial charge is 0.259 e. The molecule has 1 unspecified atom stereocenters. The highest BCUT2D eigenvalue weighted by molar-refractivity contribution is 5.78. The summed E-state index contributed by atoms with van der Waals surface area (Å²) in [6, 6.07) is 1.91. The van der Waals surface area contributed by atoms with Gasteiger partial charge in [0, 0.05) is 45.0 Å². The molecule has 1 amide bonds. The monoisotopic (exact) mass is 410 g/mol. The van der Waals surface area contributed by atoms with E-state index in [1.54, 1.807) is 15.8 Å². The molecule has 4 rings (SSSR count). The van der Waals surface area contributed by atoms with Crippen LogP contribution in [0.1, 0.15) is 36.1 Å². The number of H-pyrrole nitrogens is 1. The van der Waals surface area contributed by atoms with Gasteiger partial charge in [0.25, 0.3) is 5.56 Å². The molecule has 158 valence electrons. The van der Waals surface area contributed by atoms with Crippen LogP contribution in [-0.4, -0.2) is 67.7 Å². The first kappa shape index (κ1) is 20.0. The number of rotatable bonds is 4. The number of hydrogen-bond donors (Lipinski definition) is 1. The number of carbonyl (C=O) groups is 1. The van der Waals surface area contributed by atoms with E-state index in [-0.39, 0.29) is 23.9 Å². The van der Waals surface area contributed by atoms with Crippen LogP contribution in [0.5, 0.6) is 0 Å². The average molecular weight is 410 g/mol. The minimum Gasteiger partial charge on any atom is -0.347 e. The number of nitrogens with zero attached hydrogens (tertiary/aromatic N) is 7. The van der Waals surface area contributed by atoms with Crippen molar-refractivity contribution in [2.45, 2.75) is 39.2 Å². The van der Waals surface area contributed by atoms with Gasteiger partial charge in [0.1, 0.15) is 18.2 Å². The maximum Gasteiger partial charge on any atom is 0.259 e. The number of carbonyl (C=O) groups excluding carboxylic acids is 1. The second kappa shape index (κ2) is 7.85. The summed E-state index contributed by atoms with van der Waals surface area (Å²) < 4.78 is 1.64. The first-order valence-corrected chi connectivity index (χ1v) is 10.0. The van der Waals surface area contributed by atoms with Crippen LogP contribution in [-0.2, 0) is 11.3 Å². The molecular weight excluding hydrogens is 384 g/mol. The van der Waals surface area contributed by atoms with Gasteiger partial charge in [0.05, 0.1) is 10.9 Å². The molecule has 1 aliphatic heterocycles. The van der Waals surface area contributed by atoms with Gasteiger partial charge in [-0.3, -0.25) is 9.59 Å². The molecule has 4 heterocycles. The number of likely N-dealkylation sites (tertiary alicyclic amines) is 1. The predicted molar refractivity (Wildman–Crippen MR) is 113 cm³/mol. The van der Waals surface area contributed by atoms with Crippen LogP contribution in [0.2, 0.25) is 0 Å². The van der Waals surface area contributed by atoms with E-state index in [1.165, 1.54) is 0 Å². The summed E-state index contributed by atoms with van der Waals surface area (Å²) >= 11 is 0. The Morgan fingerprint density at radius 3 is 2.80 bits per heavy atom. The van der Waals surface area contributed by atoms with Gasteiger partial charge in [0.2, 0.25) is 11.9 Å². The summed E-state index contributed by atoms with van der Waals surface area (Å²) in [6.07, 6.45) is 3.33. The van der Waals surface area contributed by atoms with Gasteiger partial charge in [0.15, 0.2) is 0 Å². The van der Waals surface area contributed by atoms with Gasteiger partial charge in [-0.15, -0.1) is 0 Å². The normalized spacial score (nSPS) is 16.8. The SMILES string of the molecule is Cc1nc(C)n(CC(=O)N2CCCC(c3cc4nc(N(C)C)ncc4c(=O)[nH]3)C2)n1. The quantitative estimate of drug-likeness (QED) is 0.683. The third-order valence-corrected chi connectivity index (χ3v) is 5.46. The van der Waals surface area contributed by atoms with Crippen LogP contribution in [0.4, 0.5) is 5.95 Å². The first-order chi connectivity index (χ1) is 14.3. The lowest BCUT2D eigenvalue weighted by Crippen LogP contribution is -2.41. The number of aromatic amines is 1. The van der Waals surface area contributed by atoms with Crippen LogP contribution >= 0.6 is 0 Å². The molecule has 0 bridgehead atoms. The summed E-state index contributed by atoms with van der Waals surface area (Å²) in [6.45, 7) is 5.08. The maximum absolute atomic E-state index is 12.8. The summed E-state index contributed by atoms with van der Waals surface area (Å²) in [5.74, 6) is 2.00. The Kier molecular flexibility index (Phi) is 5.23. The average Bonchev–Trinajstić information content (AvgIpc) is 3.04.